The summed E-state index contributed by atoms with van der Waals surface area (Å²) >= 11 is 0. The van der Waals surface area contributed by atoms with Crippen LogP contribution in [0.3, 0.4) is 0 Å². The molecule has 0 saturated carbocycles. The van der Waals surface area contributed by atoms with Gasteiger partial charge in [0.05, 0.1) is 23.6 Å². The van der Waals surface area contributed by atoms with Crippen LogP contribution >= 0.6 is 0 Å². The van der Waals surface area contributed by atoms with E-state index in [9.17, 15) is 19.5 Å². The number of hydrogen-bond acceptors (Lipinski definition) is 7. The number of aliphatic imine (C=N–C) groups is 1. The van der Waals surface area contributed by atoms with E-state index in [-0.39, 0.29) is 18.9 Å². The lowest BCUT2D eigenvalue weighted by Gasteiger charge is -2.26. The van der Waals surface area contributed by atoms with Crippen molar-refractivity contribution < 1.29 is 19.5 Å². The fourth-order valence-corrected chi connectivity index (χ4v) is 3.85. The topological polar surface area (TPSA) is 136 Å². The number of benzene rings is 2. The number of anilines is 3. The number of para-hydroxylation sites is 1. The maximum atomic E-state index is 13.8. The average molecular weight is 498 g/mol. The van der Waals surface area contributed by atoms with Crippen LogP contribution in [0.15, 0.2) is 77.9 Å². The van der Waals surface area contributed by atoms with Crippen LogP contribution in [0, 0.1) is 0 Å². The highest BCUT2D eigenvalue weighted by molar-refractivity contribution is 6.26. The number of Topliss-reactive ketones (excluding diaryl/α,β-unsaturated/α-hetero) is 1. The zero-order chi connectivity index (χ0) is 26.4. The summed E-state index contributed by atoms with van der Waals surface area (Å²) in [6, 6.07) is 18.8. The van der Waals surface area contributed by atoms with E-state index in [1.54, 1.807) is 81.8 Å². The molecule has 0 unspecified atom stereocenters. The number of nitrogens with zero attached hydrogens (tertiary/aromatic N) is 3. The first kappa shape index (κ1) is 25.6. The fraction of sp³-hybridized carbons (Fsp3) is 0.192. The molecule has 0 bridgehead atoms. The summed E-state index contributed by atoms with van der Waals surface area (Å²) < 4.78 is 0. The first-order valence-electron chi connectivity index (χ1n) is 11.8. The van der Waals surface area contributed by atoms with Crippen LogP contribution in [0.25, 0.3) is 0 Å². The molecular formula is C26H27BN6O4. The lowest BCUT2D eigenvalue weighted by molar-refractivity contribution is -0.123. The normalized spacial score (nSPS) is 15.6. The van der Waals surface area contributed by atoms with Crippen LogP contribution in [0.5, 0.6) is 0 Å². The predicted octanol–water partition coefficient (Wildman–Crippen LogP) is 1.44. The van der Waals surface area contributed by atoms with E-state index in [0.29, 0.717) is 28.3 Å². The van der Waals surface area contributed by atoms with Gasteiger partial charge >= 0.3 is 6.03 Å². The summed E-state index contributed by atoms with van der Waals surface area (Å²) in [5, 5.41) is 17.8. The Morgan fingerprint density at radius 1 is 1.08 bits per heavy atom. The van der Waals surface area contributed by atoms with Gasteiger partial charge in [-0.15, -0.1) is 0 Å². The molecule has 11 heteroatoms. The third-order valence-electron chi connectivity index (χ3n) is 5.93. The van der Waals surface area contributed by atoms with Crippen molar-refractivity contribution in [2.24, 2.45) is 4.99 Å². The number of aromatic nitrogens is 1. The van der Waals surface area contributed by atoms with E-state index in [2.05, 4.69) is 25.9 Å². The van der Waals surface area contributed by atoms with E-state index >= 15 is 0 Å². The van der Waals surface area contributed by atoms with Crippen molar-refractivity contribution in [3.8, 4) is 0 Å². The zero-order valence-corrected chi connectivity index (χ0v) is 20.5. The minimum Gasteiger partial charge on any atom is -0.396 e. The highest BCUT2D eigenvalue weighted by Gasteiger charge is 2.35. The highest BCUT2D eigenvalue weighted by Crippen LogP contribution is 2.28. The number of pyridine rings is 1. The molecule has 0 fully saturated rings. The van der Waals surface area contributed by atoms with Gasteiger partial charge in [0.15, 0.2) is 0 Å². The molecular weight excluding hydrogens is 471 g/mol. The van der Waals surface area contributed by atoms with Gasteiger partial charge in [-0.3, -0.25) is 14.6 Å². The molecule has 1 aromatic heterocycles. The Labute approximate surface area is 215 Å². The molecule has 2 aromatic carbocycles. The molecule has 3 amide bonds. The summed E-state index contributed by atoms with van der Waals surface area (Å²) in [5.74, 6) is -1.57. The number of carbonyl (C=O) groups is 3. The first-order valence-corrected chi connectivity index (χ1v) is 11.8. The molecule has 4 N–H and O–H groups in total. The minimum absolute atomic E-state index is 0.285. The van der Waals surface area contributed by atoms with Gasteiger partial charge < -0.3 is 26.0 Å². The lowest BCUT2D eigenvalue weighted by atomic mass is 9.84. The number of urea groups is 1. The number of carbonyl (C=O) groups excluding carboxylic acids is 3. The number of hydrogen-bond donors (Lipinski definition) is 4. The van der Waals surface area contributed by atoms with Crippen LogP contribution in [-0.4, -0.2) is 67.7 Å². The second-order valence-corrected chi connectivity index (χ2v) is 8.52. The fourth-order valence-electron chi connectivity index (χ4n) is 3.85. The van der Waals surface area contributed by atoms with E-state index in [1.807, 2.05) is 6.07 Å². The molecule has 2 heterocycles. The monoisotopic (exact) mass is 498 g/mol. The summed E-state index contributed by atoms with van der Waals surface area (Å²) in [6.45, 7) is -0.624. The summed E-state index contributed by atoms with van der Waals surface area (Å²) in [5.41, 5.74) is 3.28. The Balaban J connectivity index is 1.73. The largest absolute Gasteiger partial charge is 0.396 e. The van der Waals surface area contributed by atoms with Crippen LogP contribution in [-0.2, 0) is 9.59 Å². The summed E-state index contributed by atoms with van der Waals surface area (Å²) in [7, 11) is 3.36. The minimum atomic E-state index is -1.34. The zero-order valence-electron chi connectivity index (χ0n) is 20.5. The highest BCUT2D eigenvalue weighted by atomic mass is 16.3. The average Bonchev–Trinajstić information content (AvgIpc) is 3.03. The van der Waals surface area contributed by atoms with E-state index < -0.39 is 23.9 Å². The Morgan fingerprint density at radius 2 is 1.84 bits per heavy atom. The van der Waals surface area contributed by atoms with Crippen LogP contribution < -0.4 is 20.9 Å². The molecule has 10 nitrogen and oxygen atoms in total. The van der Waals surface area contributed by atoms with Gasteiger partial charge in [0.25, 0.3) is 5.91 Å². The van der Waals surface area contributed by atoms with Crippen LogP contribution in [0.1, 0.15) is 11.3 Å². The van der Waals surface area contributed by atoms with Crippen LogP contribution in [0.4, 0.5) is 21.9 Å². The van der Waals surface area contributed by atoms with Gasteiger partial charge in [-0.25, -0.2) is 9.79 Å². The van der Waals surface area contributed by atoms with Crippen molar-refractivity contribution in [2.45, 2.75) is 12.0 Å². The molecule has 4 rings (SSSR count). The number of aliphatic hydroxyl groups excluding tert-OH is 1. The van der Waals surface area contributed by atoms with Crippen molar-refractivity contribution >= 4 is 48.3 Å². The lowest BCUT2D eigenvalue weighted by Crippen LogP contribution is -2.50. The number of benzodiazepines with no additional fused rings is 1. The van der Waals surface area contributed by atoms with Gasteiger partial charge in [-0.1, -0.05) is 30.3 Å². The van der Waals surface area contributed by atoms with E-state index in [1.165, 1.54) is 4.90 Å². The molecule has 1 aliphatic rings. The number of ketones is 1. The van der Waals surface area contributed by atoms with Crippen LogP contribution in [0.2, 0.25) is 5.82 Å². The third-order valence-corrected chi connectivity index (χ3v) is 5.93. The molecule has 1 aliphatic heterocycles. The molecule has 0 saturated heterocycles. The van der Waals surface area contributed by atoms with Crippen molar-refractivity contribution in [3.63, 3.8) is 0 Å². The number of amides is 3. The van der Waals surface area contributed by atoms with Crippen molar-refractivity contribution in [1.82, 2.24) is 10.3 Å². The van der Waals surface area contributed by atoms with Gasteiger partial charge in [0, 0.05) is 42.6 Å². The van der Waals surface area contributed by atoms with Gasteiger partial charge in [-0.05, 0) is 36.4 Å². The SMILES string of the molecule is B[C@H](CO)C(=O)CN1C(=O)[C@H](NC(=O)Nc2cccc(NC)c2)N=C(c2ccccn2)c2ccccc21. The smallest absolute Gasteiger partial charge is 0.321 e. The molecule has 0 radical (unpaired) electrons. The number of fused-ring (bicyclic) bond motifs is 1. The molecule has 37 heavy (non-hydrogen) atoms. The van der Waals surface area contributed by atoms with Gasteiger partial charge in [-0.2, -0.15) is 0 Å². The quantitative estimate of drug-likeness (QED) is 0.347. The third kappa shape index (κ3) is 5.84. The molecule has 2 atom stereocenters. The molecule has 3 aromatic rings. The predicted molar refractivity (Wildman–Crippen MR) is 145 cm³/mol. The van der Waals surface area contributed by atoms with Crippen molar-refractivity contribution in [3.05, 3.63) is 84.2 Å². The Bertz CT molecular complexity index is 1330. The maximum absolute atomic E-state index is 13.8. The van der Waals surface area contributed by atoms with Gasteiger partial charge in [0.2, 0.25) is 6.17 Å². The standard InChI is InChI=1S/C26H27BN6O4/c1-28-16-7-6-8-17(13-16)30-26(37)32-24-25(36)33(14-22(35)19(27)15-34)21-11-3-2-9-18(21)23(31-24)20-10-4-5-12-29-20/h2-13,19,24,28,34H,14-15,27H2,1H3,(H2,30,32,37)/t19-,24+/m1/s1. The molecule has 188 valence electrons. The maximum Gasteiger partial charge on any atom is 0.321 e. The van der Waals surface area contributed by atoms with E-state index in [0.717, 1.165) is 5.69 Å². The van der Waals surface area contributed by atoms with Crippen molar-refractivity contribution in [2.75, 3.05) is 35.7 Å². The summed E-state index contributed by atoms with van der Waals surface area (Å²) in [6.07, 6.45) is 0.274. The number of rotatable bonds is 8. The summed E-state index contributed by atoms with van der Waals surface area (Å²) in [4.78, 5) is 49.8. The first-order chi connectivity index (χ1) is 17.9. The second kappa shape index (κ2) is 11.5. The second-order valence-electron chi connectivity index (χ2n) is 8.52. The van der Waals surface area contributed by atoms with E-state index in [4.69, 9.17) is 0 Å². The Morgan fingerprint density at radius 3 is 2.57 bits per heavy atom. The molecule has 0 aliphatic carbocycles. The number of aliphatic hydroxyl groups is 1. The van der Waals surface area contributed by atoms with Gasteiger partial charge in [0.1, 0.15) is 13.6 Å². The Hall–Kier alpha value is -4.51. The molecule has 0 spiro atoms. The Kier molecular flexibility index (Phi) is 7.94. The van der Waals surface area contributed by atoms with Crippen molar-refractivity contribution in [1.29, 1.82) is 0 Å². The number of nitrogens with one attached hydrogen (secondary N) is 3.